The fraction of sp³-hybridized carbons (Fsp3) is 0.200. The second-order valence-electron chi connectivity index (χ2n) is 4.72. The number of hydrogen-bond acceptors (Lipinski definition) is 4. The average Bonchev–Trinajstić information content (AvgIpc) is 2.86. The minimum absolute atomic E-state index is 0.202. The molecule has 0 spiro atoms. The molecule has 0 aliphatic carbocycles. The van der Waals surface area contributed by atoms with Crippen LogP contribution in [0.3, 0.4) is 0 Å². The largest absolute Gasteiger partial charge is 0.340 e. The van der Waals surface area contributed by atoms with Gasteiger partial charge in [-0.15, -0.1) is 11.3 Å². The van der Waals surface area contributed by atoms with E-state index in [4.69, 9.17) is 11.6 Å². The van der Waals surface area contributed by atoms with Crippen LogP contribution in [0.1, 0.15) is 17.4 Å². The summed E-state index contributed by atoms with van der Waals surface area (Å²) in [5, 5.41) is 4.33. The maximum atomic E-state index is 13.3. The van der Waals surface area contributed by atoms with Gasteiger partial charge in [0.25, 0.3) is 0 Å². The third-order valence-corrected chi connectivity index (χ3v) is 4.53. The van der Waals surface area contributed by atoms with Gasteiger partial charge in [-0.3, -0.25) is 0 Å². The highest BCUT2D eigenvalue weighted by molar-refractivity contribution is 7.18. The van der Waals surface area contributed by atoms with Gasteiger partial charge < -0.3 is 5.32 Å². The van der Waals surface area contributed by atoms with E-state index in [1.54, 1.807) is 30.4 Å². The summed E-state index contributed by atoms with van der Waals surface area (Å²) in [4.78, 5) is 10.6. The molecule has 1 N–H and O–H groups in total. The van der Waals surface area contributed by atoms with Crippen LogP contribution in [0.5, 0.6) is 0 Å². The van der Waals surface area contributed by atoms with Crippen LogP contribution in [0.15, 0.2) is 24.3 Å². The van der Waals surface area contributed by atoms with Crippen molar-refractivity contribution in [1.29, 1.82) is 0 Å². The van der Waals surface area contributed by atoms with E-state index in [2.05, 4.69) is 28.3 Å². The second-order valence-corrected chi connectivity index (χ2v) is 6.17. The van der Waals surface area contributed by atoms with E-state index in [0.717, 1.165) is 22.3 Å². The van der Waals surface area contributed by atoms with Crippen LogP contribution in [0.4, 0.5) is 15.9 Å². The van der Waals surface area contributed by atoms with Crippen molar-refractivity contribution in [3.05, 3.63) is 45.8 Å². The lowest BCUT2D eigenvalue weighted by Crippen LogP contribution is -1.97. The molecule has 2 heterocycles. The number of halogens is 2. The first-order valence-corrected chi connectivity index (χ1v) is 7.75. The van der Waals surface area contributed by atoms with Crippen molar-refractivity contribution < 1.29 is 4.39 Å². The molecule has 0 radical (unpaired) electrons. The van der Waals surface area contributed by atoms with Crippen LogP contribution in [0.25, 0.3) is 10.2 Å². The topological polar surface area (TPSA) is 37.8 Å². The average molecular weight is 322 g/mol. The Balaban J connectivity index is 2.06. The van der Waals surface area contributed by atoms with E-state index in [0.29, 0.717) is 11.4 Å². The molecule has 1 aromatic carbocycles. The zero-order chi connectivity index (χ0) is 15.0. The molecule has 0 unspecified atom stereocenters. The standard InChI is InChI=1S/C15H13ClFN3S/c1-3-10-7-11-13(19-15(16)20-14(11)21-10)18-9-4-5-12(17)8(2)6-9/h4-7H,3H2,1-2H3,(H,18,19,20). The van der Waals surface area contributed by atoms with Gasteiger partial charge in [0.1, 0.15) is 16.5 Å². The van der Waals surface area contributed by atoms with Gasteiger partial charge in [-0.2, -0.15) is 4.98 Å². The molecule has 0 saturated heterocycles. The van der Waals surface area contributed by atoms with E-state index in [1.165, 1.54) is 10.9 Å². The van der Waals surface area contributed by atoms with Crippen molar-refractivity contribution in [3.63, 3.8) is 0 Å². The van der Waals surface area contributed by atoms with E-state index in [9.17, 15) is 4.39 Å². The van der Waals surface area contributed by atoms with Gasteiger partial charge in [-0.1, -0.05) is 6.92 Å². The van der Waals surface area contributed by atoms with Gasteiger partial charge in [-0.25, -0.2) is 9.37 Å². The van der Waals surface area contributed by atoms with Crippen LogP contribution in [-0.2, 0) is 6.42 Å². The molecule has 3 rings (SSSR count). The number of nitrogens with zero attached hydrogens (tertiary/aromatic N) is 2. The summed E-state index contributed by atoms with van der Waals surface area (Å²) in [7, 11) is 0. The number of anilines is 2. The van der Waals surface area contributed by atoms with Crippen molar-refractivity contribution in [1.82, 2.24) is 9.97 Å². The van der Waals surface area contributed by atoms with Gasteiger partial charge in [0.15, 0.2) is 0 Å². The molecule has 21 heavy (non-hydrogen) atoms. The molecular formula is C15H13ClFN3S. The van der Waals surface area contributed by atoms with Crippen LogP contribution in [0, 0.1) is 12.7 Å². The number of nitrogens with one attached hydrogen (secondary N) is 1. The Hall–Kier alpha value is -1.72. The number of thiophene rings is 1. The van der Waals surface area contributed by atoms with Gasteiger partial charge in [-0.05, 0) is 54.8 Å². The molecule has 108 valence electrons. The Labute approximate surface area is 130 Å². The summed E-state index contributed by atoms with van der Waals surface area (Å²) in [5.74, 6) is 0.419. The number of hydrogen-bond donors (Lipinski definition) is 1. The normalized spacial score (nSPS) is 11.0. The smallest absolute Gasteiger partial charge is 0.225 e. The third kappa shape index (κ3) is 2.84. The highest BCUT2D eigenvalue weighted by Crippen LogP contribution is 2.32. The van der Waals surface area contributed by atoms with Gasteiger partial charge >= 0.3 is 0 Å². The van der Waals surface area contributed by atoms with Crippen molar-refractivity contribution in [2.45, 2.75) is 20.3 Å². The van der Waals surface area contributed by atoms with Gasteiger partial charge in [0.2, 0.25) is 5.28 Å². The monoisotopic (exact) mass is 321 g/mol. The fourth-order valence-corrected chi connectivity index (χ4v) is 3.26. The maximum absolute atomic E-state index is 13.3. The maximum Gasteiger partial charge on any atom is 0.225 e. The summed E-state index contributed by atoms with van der Waals surface area (Å²) >= 11 is 7.59. The molecule has 0 aliphatic rings. The molecule has 0 aliphatic heterocycles. The van der Waals surface area contributed by atoms with Gasteiger partial charge in [0.05, 0.1) is 5.39 Å². The summed E-state index contributed by atoms with van der Waals surface area (Å²) in [6.45, 7) is 3.82. The highest BCUT2D eigenvalue weighted by atomic mass is 35.5. The highest BCUT2D eigenvalue weighted by Gasteiger charge is 2.11. The van der Waals surface area contributed by atoms with E-state index >= 15 is 0 Å². The van der Waals surface area contributed by atoms with E-state index in [-0.39, 0.29) is 11.1 Å². The number of benzene rings is 1. The second kappa shape index (κ2) is 5.58. The van der Waals surface area contributed by atoms with Crippen LogP contribution in [-0.4, -0.2) is 9.97 Å². The van der Waals surface area contributed by atoms with Crippen LogP contribution >= 0.6 is 22.9 Å². The fourth-order valence-electron chi connectivity index (χ4n) is 2.07. The lowest BCUT2D eigenvalue weighted by molar-refractivity contribution is 0.619. The predicted octanol–water partition coefficient (Wildman–Crippen LogP) is 5.10. The summed E-state index contributed by atoms with van der Waals surface area (Å²) in [6, 6.07) is 6.92. The Morgan fingerprint density at radius 1 is 1.29 bits per heavy atom. The quantitative estimate of drug-likeness (QED) is 0.682. The van der Waals surface area contributed by atoms with Crippen molar-refractivity contribution in [2.75, 3.05) is 5.32 Å². The lowest BCUT2D eigenvalue weighted by Gasteiger charge is -2.08. The number of rotatable bonds is 3. The Bertz CT molecular complexity index is 816. The zero-order valence-electron chi connectivity index (χ0n) is 11.6. The summed E-state index contributed by atoms with van der Waals surface area (Å²) < 4.78 is 13.3. The first kappa shape index (κ1) is 14.2. The van der Waals surface area contributed by atoms with E-state index < -0.39 is 0 Å². The van der Waals surface area contributed by atoms with Gasteiger partial charge in [0, 0.05) is 10.6 Å². The number of aryl methyl sites for hydroxylation is 2. The Kier molecular flexibility index (Phi) is 3.78. The molecule has 3 aromatic rings. The van der Waals surface area contributed by atoms with E-state index in [1.807, 2.05) is 0 Å². The molecule has 0 fully saturated rings. The predicted molar refractivity (Wildman–Crippen MR) is 86.2 cm³/mol. The molecule has 0 amide bonds. The van der Waals surface area contributed by atoms with Crippen LogP contribution < -0.4 is 5.32 Å². The first-order chi connectivity index (χ1) is 10.1. The lowest BCUT2D eigenvalue weighted by atomic mass is 10.2. The van der Waals surface area contributed by atoms with Crippen molar-refractivity contribution in [3.8, 4) is 0 Å². The number of aromatic nitrogens is 2. The molecule has 0 saturated carbocycles. The molecule has 2 aromatic heterocycles. The van der Waals surface area contributed by atoms with Crippen molar-refractivity contribution in [2.24, 2.45) is 0 Å². The molecule has 3 nitrogen and oxygen atoms in total. The molecular weight excluding hydrogens is 309 g/mol. The minimum Gasteiger partial charge on any atom is -0.340 e. The zero-order valence-corrected chi connectivity index (χ0v) is 13.1. The summed E-state index contributed by atoms with van der Waals surface area (Å²) in [6.07, 6.45) is 0.938. The molecule has 0 atom stereocenters. The Morgan fingerprint density at radius 2 is 2.10 bits per heavy atom. The van der Waals surface area contributed by atoms with Crippen molar-refractivity contribution >= 4 is 44.7 Å². The third-order valence-electron chi connectivity index (χ3n) is 3.19. The molecule has 0 bridgehead atoms. The SMILES string of the molecule is CCc1cc2c(Nc3ccc(F)c(C)c3)nc(Cl)nc2s1. The Morgan fingerprint density at radius 3 is 2.81 bits per heavy atom. The number of fused-ring (bicyclic) bond motifs is 1. The van der Waals surface area contributed by atoms with Crippen LogP contribution in [0.2, 0.25) is 5.28 Å². The minimum atomic E-state index is -0.227. The summed E-state index contributed by atoms with van der Waals surface area (Å²) in [5.41, 5.74) is 1.35. The first-order valence-electron chi connectivity index (χ1n) is 6.56. The molecule has 6 heteroatoms.